The standard InChI is InChI=1S/C15H22O3/c1-9-4-6-12-11(3)15(17)18-14(12)8-10(2)13(16)7-5-9/h5,8,11-14,16H,4,6-7H2,1-3H3/b9-5+,10-8+/t11-,12-,13-,14+/m0/s1. The van der Waals surface area contributed by atoms with Crippen molar-refractivity contribution in [3.63, 3.8) is 0 Å². The van der Waals surface area contributed by atoms with Crippen LogP contribution in [0.4, 0.5) is 0 Å². The van der Waals surface area contributed by atoms with Crippen LogP contribution in [-0.4, -0.2) is 23.3 Å². The number of allylic oxidation sites excluding steroid dienone is 1. The number of esters is 1. The van der Waals surface area contributed by atoms with Gasteiger partial charge in [0.15, 0.2) is 0 Å². The van der Waals surface area contributed by atoms with Crippen LogP contribution < -0.4 is 0 Å². The monoisotopic (exact) mass is 250 g/mol. The van der Waals surface area contributed by atoms with Crippen LogP contribution in [0.5, 0.6) is 0 Å². The van der Waals surface area contributed by atoms with Crippen LogP contribution in [0.1, 0.15) is 40.0 Å². The van der Waals surface area contributed by atoms with Crippen LogP contribution in [-0.2, 0) is 9.53 Å². The molecule has 0 radical (unpaired) electrons. The summed E-state index contributed by atoms with van der Waals surface area (Å²) in [6.45, 7) is 5.94. The Kier molecular flexibility index (Phi) is 3.91. The fourth-order valence-electron chi connectivity index (χ4n) is 2.73. The Balaban J connectivity index is 2.26. The third kappa shape index (κ3) is 2.66. The lowest BCUT2D eigenvalue weighted by Crippen LogP contribution is -2.20. The summed E-state index contributed by atoms with van der Waals surface area (Å²) in [4.78, 5) is 11.7. The molecule has 1 aliphatic carbocycles. The van der Waals surface area contributed by atoms with Crippen LogP contribution in [0.25, 0.3) is 0 Å². The molecule has 1 saturated heterocycles. The van der Waals surface area contributed by atoms with Gasteiger partial charge >= 0.3 is 5.97 Å². The van der Waals surface area contributed by atoms with Crippen molar-refractivity contribution in [1.82, 2.24) is 0 Å². The summed E-state index contributed by atoms with van der Waals surface area (Å²) in [5, 5.41) is 10.0. The molecular formula is C15H22O3. The van der Waals surface area contributed by atoms with Crippen LogP contribution in [0, 0.1) is 11.8 Å². The highest BCUT2D eigenvalue weighted by molar-refractivity contribution is 5.75. The lowest BCUT2D eigenvalue weighted by Gasteiger charge is -2.20. The molecule has 0 saturated carbocycles. The molecule has 1 N–H and O–H groups in total. The highest BCUT2D eigenvalue weighted by atomic mass is 16.6. The van der Waals surface area contributed by atoms with E-state index in [1.165, 1.54) is 5.57 Å². The average Bonchev–Trinajstić information content (AvgIpc) is 2.59. The zero-order valence-corrected chi connectivity index (χ0v) is 11.3. The molecule has 0 amide bonds. The van der Waals surface area contributed by atoms with Gasteiger partial charge in [0.05, 0.1) is 12.0 Å². The maximum atomic E-state index is 11.7. The maximum absolute atomic E-state index is 11.7. The zero-order chi connectivity index (χ0) is 13.3. The molecule has 1 aliphatic heterocycles. The van der Waals surface area contributed by atoms with E-state index >= 15 is 0 Å². The Morgan fingerprint density at radius 1 is 1.39 bits per heavy atom. The molecule has 18 heavy (non-hydrogen) atoms. The average molecular weight is 250 g/mol. The van der Waals surface area contributed by atoms with Crippen molar-refractivity contribution >= 4 is 5.97 Å². The molecular weight excluding hydrogens is 228 g/mol. The van der Waals surface area contributed by atoms with Crippen LogP contribution in [0.2, 0.25) is 0 Å². The molecule has 2 rings (SSSR count). The Labute approximate surface area is 109 Å². The first-order chi connectivity index (χ1) is 8.49. The summed E-state index contributed by atoms with van der Waals surface area (Å²) in [6, 6.07) is 0. The highest BCUT2D eigenvalue weighted by Crippen LogP contribution is 2.35. The van der Waals surface area contributed by atoms with Crippen LogP contribution >= 0.6 is 0 Å². The van der Waals surface area contributed by atoms with E-state index in [1.807, 2.05) is 19.9 Å². The Hall–Kier alpha value is -1.09. The summed E-state index contributed by atoms with van der Waals surface area (Å²) in [7, 11) is 0. The van der Waals surface area contributed by atoms with E-state index in [0.717, 1.165) is 18.4 Å². The van der Waals surface area contributed by atoms with Gasteiger partial charge in [0.1, 0.15) is 6.10 Å². The third-order valence-corrected chi connectivity index (χ3v) is 4.20. The van der Waals surface area contributed by atoms with Crippen molar-refractivity contribution in [3.8, 4) is 0 Å². The molecule has 0 aromatic carbocycles. The highest BCUT2D eigenvalue weighted by Gasteiger charge is 2.40. The van der Waals surface area contributed by atoms with Crippen molar-refractivity contribution in [2.45, 2.75) is 52.2 Å². The third-order valence-electron chi connectivity index (χ3n) is 4.20. The first kappa shape index (κ1) is 13.3. The largest absolute Gasteiger partial charge is 0.458 e. The van der Waals surface area contributed by atoms with Crippen molar-refractivity contribution in [2.24, 2.45) is 11.8 Å². The van der Waals surface area contributed by atoms with Gasteiger partial charge in [-0.3, -0.25) is 4.79 Å². The molecule has 0 aromatic heterocycles. The first-order valence-corrected chi connectivity index (χ1v) is 6.71. The molecule has 1 fully saturated rings. The van der Waals surface area contributed by atoms with Gasteiger partial charge in [-0.2, -0.15) is 0 Å². The number of ether oxygens (including phenoxy) is 1. The van der Waals surface area contributed by atoms with E-state index in [2.05, 4.69) is 13.0 Å². The van der Waals surface area contributed by atoms with E-state index in [9.17, 15) is 9.90 Å². The second-order valence-corrected chi connectivity index (χ2v) is 5.61. The second kappa shape index (κ2) is 5.27. The molecule has 4 atom stereocenters. The predicted molar refractivity (Wildman–Crippen MR) is 69.9 cm³/mol. The lowest BCUT2D eigenvalue weighted by molar-refractivity contribution is -0.142. The topological polar surface area (TPSA) is 46.5 Å². The van der Waals surface area contributed by atoms with Crippen LogP contribution in [0.15, 0.2) is 23.3 Å². The van der Waals surface area contributed by atoms with Gasteiger partial charge in [-0.15, -0.1) is 0 Å². The van der Waals surface area contributed by atoms with Gasteiger partial charge in [0.25, 0.3) is 0 Å². The first-order valence-electron chi connectivity index (χ1n) is 6.71. The molecule has 3 heteroatoms. The lowest BCUT2D eigenvalue weighted by atomic mass is 9.84. The van der Waals surface area contributed by atoms with E-state index in [0.29, 0.717) is 6.42 Å². The van der Waals surface area contributed by atoms with Gasteiger partial charge in [-0.1, -0.05) is 18.6 Å². The molecule has 100 valence electrons. The summed E-state index contributed by atoms with van der Waals surface area (Å²) in [5.41, 5.74) is 2.19. The van der Waals surface area contributed by atoms with Gasteiger partial charge in [0.2, 0.25) is 0 Å². The van der Waals surface area contributed by atoms with E-state index in [4.69, 9.17) is 4.74 Å². The van der Waals surface area contributed by atoms with Gasteiger partial charge in [-0.05, 0) is 44.8 Å². The number of hydrogen-bond donors (Lipinski definition) is 1. The van der Waals surface area contributed by atoms with Crippen molar-refractivity contribution < 1.29 is 14.6 Å². The molecule has 0 unspecified atom stereocenters. The number of rotatable bonds is 0. The van der Waals surface area contributed by atoms with Gasteiger partial charge < -0.3 is 9.84 Å². The van der Waals surface area contributed by atoms with Crippen LogP contribution in [0.3, 0.4) is 0 Å². The number of carbonyl (C=O) groups is 1. The van der Waals surface area contributed by atoms with Crippen molar-refractivity contribution in [3.05, 3.63) is 23.3 Å². The Morgan fingerprint density at radius 3 is 2.83 bits per heavy atom. The summed E-state index contributed by atoms with van der Waals surface area (Å²) in [5.74, 6) is 0.0916. The SMILES string of the molecule is C/C1=C\C[C@H](O)/C(C)=C/[C@H]2OC(=O)[C@@H](C)[C@@H]2CC1. The normalized spacial score (nSPS) is 43.2. The molecule has 0 spiro atoms. The maximum Gasteiger partial charge on any atom is 0.309 e. The summed E-state index contributed by atoms with van der Waals surface area (Å²) < 4.78 is 5.42. The quantitative estimate of drug-likeness (QED) is 0.531. The molecule has 0 aromatic rings. The predicted octanol–water partition coefficient (Wildman–Crippen LogP) is 2.60. The number of aliphatic hydroxyl groups is 1. The number of hydrogen-bond acceptors (Lipinski definition) is 3. The fourth-order valence-corrected chi connectivity index (χ4v) is 2.73. The van der Waals surface area contributed by atoms with Crippen molar-refractivity contribution in [2.75, 3.05) is 0 Å². The molecule has 2 aliphatic rings. The molecule has 0 bridgehead atoms. The molecule has 3 nitrogen and oxygen atoms in total. The number of carbonyl (C=O) groups excluding carboxylic acids is 1. The van der Waals surface area contributed by atoms with E-state index < -0.39 is 6.10 Å². The second-order valence-electron chi connectivity index (χ2n) is 5.61. The summed E-state index contributed by atoms with van der Waals surface area (Å²) in [6.07, 6.45) is 6.01. The number of aliphatic hydroxyl groups excluding tert-OH is 1. The Bertz CT molecular complexity index is 395. The van der Waals surface area contributed by atoms with Gasteiger partial charge in [-0.25, -0.2) is 0 Å². The Morgan fingerprint density at radius 2 is 2.11 bits per heavy atom. The zero-order valence-electron chi connectivity index (χ0n) is 11.3. The molecule has 1 heterocycles. The van der Waals surface area contributed by atoms with E-state index in [1.54, 1.807) is 0 Å². The fraction of sp³-hybridized carbons (Fsp3) is 0.667. The van der Waals surface area contributed by atoms with Crippen molar-refractivity contribution in [1.29, 1.82) is 0 Å². The number of fused-ring (bicyclic) bond motifs is 1. The van der Waals surface area contributed by atoms with E-state index in [-0.39, 0.29) is 23.9 Å². The smallest absolute Gasteiger partial charge is 0.309 e. The minimum atomic E-state index is -0.465. The van der Waals surface area contributed by atoms with Gasteiger partial charge in [0, 0.05) is 5.92 Å². The minimum Gasteiger partial charge on any atom is -0.458 e. The minimum absolute atomic E-state index is 0.0385. The summed E-state index contributed by atoms with van der Waals surface area (Å²) >= 11 is 0.